The number of furan rings is 1. The molecule has 5 nitrogen and oxygen atoms in total. The van der Waals surface area contributed by atoms with Gasteiger partial charge in [-0.25, -0.2) is 4.39 Å². The molecule has 0 bridgehead atoms. The molecular weight excluding hydrogens is 311 g/mol. The number of halogens is 1. The van der Waals surface area contributed by atoms with E-state index >= 15 is 0 Å². The van der Waals surface area contributed by atoms with Crippen LogP contribution in [0.25, 0.3) is 11.0 Å². The summed E-state index contributed by atoms with van der Waals surface area (Å²) < 4.78 is 18.9. The second kappa shape index (κ2) is 6.16. The summed E-state index contributed by atoms with van der Waals surface area (Å²) in [6.07, 6.45) is 0. The number of aryl methyl sites for hydroxylation is 1. The van der Waals surface area contributed by atoms with Crippen LogP contribution in [0.5, 0.6) is 0 Å². The first kappa shape index (κ1) is 15.7. The van der Waals surface area contributed by atoms with Gasteiger partial charge in [0.15, 0.2) is 5.76 Å². The molecule has 0 saturated carbocycles. The van der Waals surface area contributed by atoms with Gasteiger partial charge < -0.3 is 15.1 Å². The summed E-state index contributed by atoms with van der Waals surface area (Å²) in [5, 5.41) is 5.91. The molecule has 0 aliphatic heterocycles. The van der Waals surface area contributed by atoms with E-state index < -0.39 is 5.91 Å². The number of benzene rings is 2. The summed E-state index contributed by atoms with van der Waals surface area (Å²) in [4.78, 5) is 23.5. The van der Waals surface area contributed by atoms with E-state index in [1.807, 2.05) is 0 Å². The Kier molecular flexibility index (Phi) is 4.04. The molecule has 0 fully saturated rings. The quantitative estimate of drug-likeness (QED) is 0.761. The maximum absolute atomic E-state index is 13.3. The van der Waals surface area contributed by atoms with Gasteiger partial charge in [-0.2, -0.15) is 0 Å². The average Bonchev–Trinajstić information content (AvgIpc) is 2.84. The van der Waals surface area contributed by atoms with Crippen LogP contribution in [-0.2, 0) is 4.79 Å². The van der Waals surface area contributed by atoms with Crippen LogP contribution >= 0.6 is 0 Å². The van der Waals surface area contributed by atoms with Gasteiger partial charge in [-0.1, -0.05) is 6.07 Å². The highest BCUT2D eigenvalue weighted by Crippen LogP contribution is 2.27. The Hall–Kier alpha value is -3.15. The van der Waals surface area contributed by atoms with Crippen molar-refractivity contribution in [3.63, 3.8) is 0 Å². The second-order valence-electron chi connectivity index (χ2n) is 5.41. The molecule has 122 valence electrons. The van der Waals surface area contributed by atoms with Gasteiger partial charge >= 0.3 is 0 Å². The van der Waals surface area contributed by atoms with Gasteiger partial charge in [0, 0.05) is 29.2 Å². The lowest BCUT2D eigenvalue weighted by atomic mass is 10.1. The number of nitrogens with one attached hydrogen (secondary N) is 2. The topological polar surface area (TPSA) is 71.3 Å². The Morgan fingerprint density at radius 2 is 1.75 bits per heavy atom. The first-order valence-electron chi connectivity index (χ1n) is 7.31. The number of hydrogen-bond acceptors (Lipinski definition) is 3. The van der Waals surface area contributed by atoms with E-state index in [1.54, 1.807) is 31.2 Å². The summed E-state index contributed by atoms with van der Waals surface area (Å²) in [7, 11) is 0. The van der Waals surface area contributed by atoms with E-state index in [9.17, 15) is 14.0 Å². The van der Waals surface area contributed by atoms with E-state index in [0.29, 0.717) is 27.9 Å². The molecule has 0 unspecified atom stereocenters. The first-order valence-corrected chi connectivity index (χ1v) is 7.31. The number of carbonyl (C=O) groups excluding carboxylic acids is 2. The van der Waals surface area contributed by atoms with Crippen LogP contribution in [0.2, 0.25) is 0 Å². The number of fused-ring (bicyclic) bond motifs is 1. The number of hydrogen-bond donors (Lipinski definition) is 2. The predicted molar refractivity (Wildman–Crippen MR) is 89.6 cm³/mol. The Bertz CT molecular complexity index is 947. The molecule has 0 radical (unpaired) electrons. The molecule has 6 heteroatoms. The van der Waals surface area contributed by atoms with Gasteiger partial charge in [-0.3, -0.25) is 9.59 Å². The van der Waals surface area contributed by atoms with E-state index in [0.717, 1.165) is 0 Å². The minimum atomic E-state index is -0.441. The third-order valence-electron chi connectivity index (χ3n) is 3.55. The van der Waals surface area contributed by atoms with Crippen molar-refractivity contribution >= 4 is 34.2 Å². The van der Waals surface area contributed by atoms with Crippen molar-refractivity contribution in [3.8, 4) is 0 Å². The van der Waals surface area contributed by atoms with Gasteiger partial charge in [0.25, 0.3) is 5.91 Å². The highest BCUT2D eigenvalue weighted by Gasteiger charge is 2.18. The molecule has 0 spiro atoms. The normalized spacial score (nSPS) is 10.6. The van der Waals surface area contributed by atoms with Gasteiger partial charge in [0.2, 0.25) is 5.91 Å². The highest BCUT2D eigenvalue weighted by atomic mass is 19.1. The highest BCUT2D eigenvalue weighted by molar-refractivity contribution is 6.06. The maximum atomic E-state index is 13.3. The van der Waals surface area contributed by atoms with E-state index in [-0.39, 0.29) is 17.5 Å². The van der Waals surface area contributed by atoms with E-state index in [4.69, 9.17) is 4.42 Å². The molecule has 0 saturated heterocycles. The summed E-state index contributed by atoms with van der Waals surface area (Å²) in [6.45, 7) is 3.11. The molecule has 24 heavy (non-hydrogen) atoms. The first-order chi connectivity index (χ1) is 11.4. The zero-order chi connectivity index (χ0) is 17.3. The summed E-state index contributed by atoms with van der Waals surface area (Å²) >= 11 is 0. The van der Waals surface area contributed by atoms with Crippen LogP contribution in [0.15, 0.2) is 46.9 Å². The van der Waals surface area contributed by atoms with Crippen molar-refractivity contribution in [1.29, 1.82) is 0 Å². The second-order valence-corrected chi connectivity index (χ2v) is 5.41. The van der Waals surface area contributed by atoms with Crippen molar-refractivity contribution in [2.45, 2.75) is 13.8 Å². The molecule has 1 aromatic heterocycles. The fourth-order valence-electron chi connectivity index (χ4n) is 2.48. The largest absolute Gasteiger partial charge is 0.451 e. The number of amides is 2. The Morgan fingerprint density at radius 1 is 1.04 bits per heavy atom. The van der Waals surface area contributed by atoms with Gasteiger partial charge in [-0.15, -0.1) is 0 Å². The van der Waals surface area contributed by atoms with Crippen LogP contribution in [0, 0.1) is 12.7 Å². The minimum Gasteiger partial charge on any atom is -0.451 e. The van der Waals surface area contributed by atoms with Crippen LogP contribution in [0.1, 0.15) is 23.0 Å². The van der Waals surface area contributed by atoms with Crippen molar-refractivity contribution in [2.75, 3.05) is 10.6 Å². The molecule has 3 aromatic rings. The minimum absolute atomic E-state index is 0.125. The van der Waals surface area contributed by atoms with Gasteiger partial charge in [-0.05, 0) is 43.3 Å². The third-order valence-corrected chi connectivity index (χ3v) is 3.55. The molecule has 0 aliphatic carbocycles. The van der Waals surface area contributed by atoms with Crippen LogP contribution < -0.4 is 10.6 Å². The molecule has 3 rings (SSSR count). The summed E-state index contributed by atoms with van der Waals surface area (Å²) in [5.41, 5.74) is 2.10. The molecule has 1 heterocycles. The van der Waals surface area contributed by atoms with Crippen molar-refractivity contribution in [1.82, 2.24) is 0 Å². The molecule has 0 aliphatic rings. The lowest BCUT2D eigenvalue weighted by Gasteiger charge is -2.07. The maximum Gasteiger partial charge on any atom is 0.291 e. The lowest BCUT2D eigenvalue weighted by Crippen LogP contribution is -2.12. The fourth-order valence-corrected chi connectivity index (χ4v) is 2.48. The van der Waals surface area contributed by atoms with Crippen molar-refractivity contribution in [3.05, 3.63) is 59.6 Å². The monoisotopic (exact) mass is 326 g/mol. The number of anilines is 2. The Morgan fingerprint density at radius 3 is 2.46 bits per heavy atom. The van der Waals surface area contributed by atoms with Crippen LogP contribution in [-0.4, -0.2) is 11.8 Å². The predicted octanol–water partition coefficient (Wildman–Crippen LogP) is 4.09. The van der Waals surface area contributed by atoms with E-state index in [1.165, 1.54) is 25.1 Å². The third kappa shape index (κ3) is 3.12. The SMILES string of the molecule is CC(=O)Nc1cccc(NC(=O)c2oc3ccc(F)cc3c2C)c1. The van der Waals surface area contributed by atoms with E-state index in [2.05, 4.69) is 10.6 Å². The van der Waals surface area contributed by atoms with Crippen LogP contribution in [0.3, 0.4) is 0 Å². The average molecular weight is 326 g/mol. The zero-order valence-corrected chi connectivity index (χ0v) is 13.1. The van der Waals surface area contributed by atoms with Crippen molar-refractivity contribution in [2.24, 2.45) is 0 Å². The van der Waals surface area contributed by atoms with Gasteiger partial charge in [0.05, 0.1) is 0 Å². The molecule has 2 N–H and O–H groups in total. The van der Waals surface area contributed by atoms with Crippen molar-refractivity contribution < 1.29 is 18.4 Å². The zero-order valence-electron chi connectivity index (χ0n) is 13.1. The van der Waals surface area contributed by atoms with Crippen LogP contribution in [0.4, 0.5) is 15.8 Å². The van der Waals surface area contributed by atoms with Gasteiger partial charge in [0.1, 0.15) is 11.4 Å². The Labute approximate surface area is 137 Å². The fraction of sp³-hybridized carbons (Fsp3) is 0.111. The standard InChI is InChI=1S/C18H15FN2O3/c1-10-15-8-12(19)6-7-16(15)24-17(10)18(23)21-14-5-3-4-13(9-14)20-11(2)22/h3-9H,1-2H3,(H,20,22)(H,21,23). The molecular formula is C18H15FN2O3. The summed E-state index contributed by atoms with van der Waals surface area (Å²) in [6, 6.07) is 10.9. The smallest absolute Gasteiger partial charge is 0.291 e. The lowest BCUT2D eigenvalue weighted by molar-refractivity contribution is -0.114. The molecule has 2 aromatic carbocycles. The molecule has 0 atom stereocenters. The number of rotatable bonds is 3. The summed E-state index contributed by atoms with van der Waals surface area (Å²) in [5.74, 6) is -0.903. The molecule has 2 amide bonds. The Balaban J connectivity index is 1.87. The number of carbonyl (C=O) groups is 2.